The van der Waals surface area contributed by atoms with Crippen LogP contribution in [-0.2, 0) is 4.79 Å². The molecule has 2 rings (SSSR count). The van der Waals surface area contributed by atoms with Crippen molar-refractivity contribution in [1.29, 1.82) is 0 Å². The minimum atomic E-state index is -0.269. The van der Waals surface area contributed by atoms with E-state index in [9.17, 15) is 9.18 Å². The molecule has 0 radical (unpaired) electrons. The van der Waals surface area contributed by atoms with Crippen molar-refractivity contribution in [2.45, 2.75) is 13.3 Å². The number of piperidine rings is 1. The lowest BCUT2D eigenvalue weighted by Crippen LogP contribution is -2.35. The zero-order valence-corrected chi connectivity index (χ0v) is 9.95. The summed E-state index contributed by atoms with van der Waals surface area (Å²) in [4.78, 5) is 14.0. The molecule has 0 atom stereocenters. The van der Waals surface area contributed by atoms with Crippen LogP contribution in [0.4, 0.5) is 4.39 Å². The summed E-state index contributed by atoms with van der Waals surface area (Å²) in [7, 11) is 0. The molecule has 0 aliphatic carbocycles. The molecule has 0 saturated carbocycles. The fourth-order valence-electron chi connectivity index (χ4n) is 2.02. The van der Waals surface area contributed by atoms with E-state index < -0.39 is 0 Å². The quantitative estimate of drug-likeness (QED) is 0.731. The molecule has 1 saturated heterocycles. The average Bonchev–Trinajstić information content (AvgIpc) is 2.32. The molecule has 0 spiro atoms. The van der Waals surface area contributed by atoms with Crippen LogP contribution in [0.2, 0.25) is 0 Å². The van der Waals surface area contributed by atoms with Gasteiger partial charge in [0.15, 0.2) is 5.78 Å². The van der Waals surface area contributed by atoms with Crippen molar-refractivity contribution in [3.05, 3.63) is 41.2 Å². The van der Waals surface area contributed by atoms with Crippen molar-refractivity contribution < 1.29 is 9.18 Å². The molecule has 0 aromatic heterocycles. The number of hydrogen-bond acceptors (Lipinski definition) is 2. The van der Waals surface area contributed by atoms with E-state index in [-0.39, 0.29) is 11.6 Å². The second kappa shape index (κ2) is 5.23. The fourth-order valence-corrected chi connectivity index (χ4v) is 2.02. The molecule has 2 nitrogen and oxygen atoms in total. The summed E-state index contributed by atoms with van der Waals surface area (Å²) in [5, 5.41) is 0. The lowest BCUT2D eigenvalue weighted by Gasteiger charge is -2.26. The number of carbonyl (C=O) groups excluding carboxylic acids is 1. The summed E-state index contributed by atoms with van der Waals surface area (Å²) in [6, 6.07) is 6.33. The van der Waals surface area contributed by atoms with Crippen molar-refractivity contribution in [3.8, 4) is 0 Å². The SMILES string of the molecule is CCN1CCC(=O)/C(=C/c2cccc(F)c2)C1. The van der Waals surface area contributed by atoms with Crippen molar-refractivity contribution >= 4 is 11.9 Å². The molecule has 1 aliphatic heterocycles. The Hall–Kier alpha value is -1.48. The smallest absolute Gasteiger partial charge is 0.161 e. The molecule has 1 fully saturated rings. The molecule has 1 aromatic rings. The van der Waals surface area contributed by atoms with E-state index in [1.165, 1.54) is 12.1 Å². The summed E-state index contributed by atoms with van der Waals surface area (Å²) >= 11 is 0. The number of nitrogens with zero attached hydrogens (tertiary/aromatic N) is 1. The van der Waals surface area contributed by atoms with E-state index in [0.29, 0.717) is 13.0 Å². The number of benzene rings is 1. The number of halogens is 1. The third-order valence-electron chi connectivity index (χ3n) is 3.04. The van der Waals surface area contributed by atoms with E-state index in [1.807, 2.05) is 6.07 Å². The first-order valence-corrected chi connectivity index (χ1v) is 5.90. The number of carbonyl (C=O) groups is 1. The second-order valence-electron chi connectivity index (χ2n) is 4.27. The largest absolute Gasteiger partial charge is 0.299 e. The van der Waals surface area contributed by atoms with Crippen LogP contribution in [-0.4, -0.2) is 30.3 Å². The Morgan fingerprint density at radius 3 is 3.00 bits per heavy atom. The van der Waals surface area contributed by atoms with E-state index in [4.69, 9.17) is 0 Å². The summed E-state index contributed by atoms with van der Waals surface area (Å²) in [5.41, 5.74) is 1.54. The normalized spacial score (nSPS) is 19.9. The number of likely N-dealkylation sites (tertiary alicyclic amines) is 1. The topological polar surface area (TPSA) is 20.3 Å². The van der Waals surface area contributed by atoms with Crippen LogP contribution >= 0.6 is 0 Å². The average molecular weight is 233 g/mol. The Labute approximate surface area is 101 Å². The van der Waals surface area contributed by atoms with Gasteiger partial charge in [0.1, 0.15) is 5.82 Å². The van der Waals surface area contributed by atoms with Crippen LogP contribution in [0.25, 0.3) is 6.08 Å². The highest BCUT2D eigenvalue weighted by Crippen LogP contribution is 2.16. The van der Waals surface area contributed by atoms with Gasteiger partial charge in [0.05, 0.1) is 0 Å². The highest BCUT2D eigenvalue weighted by atomic mass is 19.1. The Kier molecular flexibility index (Phi) is 3.69. The Morgan fingerprint density at radius 2 is 2.29 bits per heavy atom. The molecule has 1 aromatic carbocycles. The first-order valence-electron chi connectivity index (χ1n) is 5.90. The summed E-state index contributed by atoms with van der Waals surface area (Å²) in [6.45, 7) is 4.52. The summed E-state index contributed by atoms with van der Waals surface area (Å²) < 4.78 is 13.0. The molecule has 0 unspecified atom stereocenters. The van der Waals surface area contributed by atoms with E-state index >= 15 is 0 Å². The third kappa shape index (κ3) is 3.01. The van der Waals surface area contributed by atoms with Crippen molar-refractivity contribution in [2.75, 3.05) is 19.6 Å². The van der Waals surface area contributed by atoms with Gasteiger partial charge >= 0.3 is 0 Å². The summed E-state index contributed by atoms with van der Waals surface area (Å²) in [6.07, 6.45) is 2.36. The van der Waals surface area contributed by atoms with E-state index in [0.717, 1.165) is 24.2 Å². The van der Waals surface area contributed by atoms with Crippen LogP contribution in [0, 0.1) is 5.82 Å². The Bertz CT molecular complexity index is 453. The van der Waals surface area contributed by atoms with Crippen LogP contribution in [0.1, 0.15) is 18.9 Å². The van der Waals surface area contributed by atoms with Crippen LogP contribution < -0.4 is 0 Å². The fraction of sp³-hybridized carbons (Fsp3) is 0.357. The first-order chi connectivity index (χ1) is 8.19. The maximum atomic E-state index is 13.0. The number of Topliss-reactive ketones (excluding diaryl/α,β-unsaturated/α-hetero) is 1. The zero-order chi connectivity index (χ0) is 12.3. The highest BCUT2D eigenvalue weighted by molar-refractivity contribution is 6.00. The minimum Gasteiger partial charge on any atom is -0.299 e. The molecular weight excluding hydrogens is 217 g/mol. The predicted molar refractivity (Wildman–Crippen MR) is 66.1 cm³/mol. The van der Waals surface area contributed by atoms with E-state index in [2.05, 4.69) is 11.8 Å². The Balaban J connectivity index is 2.22. The third-order valence-corrected chi connectivity index (χ3v) is 3.04. The van der Waals surface area contributed by atoms with Gasteiger partial charge in [-0.2, -0.15) is 0 Å². The van der Waals surface area contributed by atoms with Gasteiger partial charge in [0.2, 0.25) is 0 Å². The maximum Gasteiger partial charge on any atom is 0.161 e. The standard InChI is InChI=1S/C14H16FNO/c1-2-16-7-6-14(17)12(10-16)8-11-4-3-5-13(15)9-11/h3-5,8-9H,2,6-7,10H2,1H3/b12-8+. The van der Waals surface area contributed by atoms with Gasteiger partial charge in [-0.05, 0) is 30.3 Å². The molecule has 0 N–H and O–H groups in total. The number of ketones is 1. The lowest BCUT2D eigenvalue weighted by atomic mass is 10.0. The second-order valence-corrected chi connectivity index (χ2v) is 4.27. The van der Waals surface area contributed by atoms with Gasteiger partial charge in [-0.15, -0.1) is 0 Å². The number of hydrogen-bond donors (Lipinski definition) is 0. The minimum absolute atomic E-state index is 0.180. The van der Waals surface area contributed by atoms with Gasteiger partial charge in [-0.3, -0.25) is 9.69 Å². The van der Waals surface area contributed by atoms with E-state index in [1.54, 1.807) is 12.1 Å². The maximum absolute atomic E-state index is 13.0. The molecular formula is C14H16FNO. The Morgan fingerprint density at radius 1 is 1.47 bits per heavy atom. The molecule has 1 aliphatic rings. The van der Waals surface area contributed by atoms with Crippen LogP contribution in [0.15, 0.2) is 29.8 Å². The van der Waals surface area contributed by atoms with Gasteiger partial charge in [-0.1, -0.05) is 19.1 Å². The molecule has 17 heavy (non-hydrogen) atoms. The summed E-state index contributed by atoms with van der Waals surface area (Å²) in [5.74, 6) is -0.0890. The molecule has 0 bridgehead atoms. The van der Waals surface area contributed by atoms with Crippen LogP contribution in [0.5, 0.6) is 0 Å². The molecule has 3 heteroatoms. The first kappa shape index (κ1) is 12.0. The van der Waals surface area contributed by atoms with Crippen molar-refractivity contribution in [1.82, 2.24) is 4.90 Å². The van der Waals surface area contributed by atoms with Crippen LogP contribution in [0.3, 0.4) is 0 Å². The van der Waals surface area contributed by atoms with Gasteiger partial charge in [-0.25, -0.2) is 4.39 Å². The van der Waals surface area contributed by atoms with Crippen molar-refractivity contribution in [2.24, 2.45) is 0 Å². The molecule has 0 amide bonds. The monoisotopic (exact) mass is 233 g/mol. The van der Waals surface area contributed by atoms with Crippen molar-refractivity contribution in [3.63, 3.8) is 0 Å². The van der Waals surface area contributed by atoms with Gasteiger partial charge in [0, 0.05) is 25.1 Å². The lowest BCUT2D eigenvalue weighted by molar-refractivity contribution is -0.117. The molecule has 90 valence electrons. The van der Waals surface area contributed by atoms with Gasteiger partial charge < -0.3 is 0 Å². The predicted octanol–water partition coefficient (Wildman–Crippen LogP) is 2.50. The zero-order valence-electron chi connectivity index (χ0n) is 9.95. The number of likely N-dealkylation sites (N-methyl/N-ethyl adjacent to an activating group) is 1. The highest BCUT2D eigenvalue weighted by Gasteiger charge is 2.19. The van der Waals surface area contributed by atoms with Gasteiger partial charge in [0.25, 0.3) is 0 Å². The number of rotatable bonds is 2. The molecule has 1 heterocycles.